The molecule has 0 spiro atoms. The van der Waals surface area contributed by atoms with Gasteiger partial charge in [0.1, 0.15) is 0 Å². The summed E-state index contributed by atoms with van der Waals surface area (Å²) in [5, 5.41) is 8.89. The minimum atomic E-state index is -0.809. The van der Waals surface area contributed by atoms with Crippen LogP contribution in [0.1, 0.15) is 44.4 Å². The summed E-state index contributed by atoms with van der Waals surface area (Å²) in [5.41, 5.74) is 0.961. The maximum absolute atomic E-state index is 12.6. The Balaban J connectivity index is 1.56. The summed E-state index contributed by atoms with van der Waals surface area (Å²) in [6.45, 7) is 0.712. The number of piperidine rings is 1. The number of rotatable bonds is 7. The largest absolute Gasteiger partial charge is 0.481 e. The summed E-state index contributed by atoms with van der Waals surface area (Å²) < 4.78 is 5.75. The first-order valence-corrected chi connectivity index (χ1v) is 9.15. The number of carbonyl (C=O) groups excluding carboxylic acids is 1. The Kier molecular flexibility index (Phi) is 6.04. The Morgan fingerprint density at radius 2 is 2.00 bits per heavy atom. The molecule has 1 fully saturated rings. The van der Waals surface area contributed by atoms with Crippen molar-refractivity contribution < 1.29 is 19.1 Å². The zero-order valence-electron chi connectivity index (χ0n) is 14.8. The van der Waals surface area contributed by atoms with Gasteiger partial charge >= 0.3 is 5.97 Å². The smallest absolute Gasteiger partial charge is 0.303 e. The van der Waals surface area contributed by atoms with Crippen molar-refractivity contribution in [2.24, 2.45) is 0 Å². The second kappa shape index (κ2) is 8.65. The molecule has 0 bridgehead atoms. The maximum Gasteiger partial charge on any atom is 0.303 e. The van der Waals surface area contributed by atoms with Gasteiger partial charge in [-0.15, -0.1) is 0 Å². The van der Waals surface area contributed by atoms with E-state index in [0.717, 1.165) is 24.8 Å². The van der Waals surface area contributed by atoms with Gasteiger partial charge in [0.15, 0.2) is 11.7 Å². The van der Waals surface area contributed by atoms with Crippen molar-refractivity contribution in [3.8, 4) is 11.3 Å². The topological polar surface area (TPSA) is 83.6 Å². The molecule has 1 atom stereocenters. The normalized spacial score (nSPS) is 17.2. The van der Waals surface area contributed by atoms with Gasteiger partial charge in [0.05, 0.1) is 6.20 Å². The van der Waals surface area contributed by atoms with E-state index < -0.39 is 5.97 Å². The summed E-state index contributed by atoms with van der Waals surface area (Å²) in [5.74, 6) is 0.498. The third-order valence-electron chi connectivity index (χ3n) is 4.80. The standard InChI is InChI=1S/C20H24N2O4/c23-19(22-13-5-4-8-16(22)9-12-20(24)25)11-10-18-21-14-17(26-18)15-6-2-1-3-7-15/h1-3,6-7,14,16H,4-5,8-13H2,(H,24,25)/t16-/m0/s1. The molecule has 6 heteroatoms. The highest BCUT2D eigenvalue weighted by Crippen LogP contribution is 2.23. The lowest BCUT2D eigenvalue weighted by atomic mass is 9.97. The molecule has 26 heavy (non-hydrogen) atoms. The summed E-state index contributed by atoms with van der Waals surface area (Å²) in [4.78, 5) is 29.6. The van der Waals surface area contributed by atoms with Crippen LogP contribution in [0.15, 0.2) is 40.9 Å². The lowest BCUT2D eigenvalue weighted by molar-refractivity contribution is -0.140. The van der Waals surface area contributed by atoms with E-state index in [4.69, 9.17) is 9.52 Å². The van der Waals surface area contributed by atoms with Gasteiger partial charge in [-0.1, -0.05) is 30.3 Å². The van der Waals surface area contributed by atoms with Gasteiger partial charge in [0, 0.05) is 37.4 Å². The minimum absolute atomic E-state index is 0.0387. The van der Waals surface area contributed by atoms with E-state index in [2.05, 4.69) is 4.98 Å². The van der Waals surface area contributed by atoms with Crippen LogP contribution in [0.3, 0.4) is 0 Å². The number of amides is 1. The summed E-state index contributed by atoms with van der Waals surface area (Å²) in [7, 11) is 0. The Bertz CT molecular complexity index is 741. The van der Waals surface area contributed by atoms with Gasteiger partial charge in [-0.2, -0.15) is 0 Å². The number of likely N-dealkylation sites (tertiary alicyclic amines) is 1. The second-order valence-electron chi connectivity index (χ2n) is 6.65. The average molecular weight is 356 g/mol. The molecule has 138 valence electrons. The number of aromatic nitrogens is 1. The Morgan fingerprint density at radius 3 is 2.77 bits per heavy atom. The predicted octanol–water partition coefficient (Wildman–Crippen LogP) is 3.52. The third kappa shape index (κ3) is 4.71. The highest BCUT2D eigenvalue weighted by atomic mass is 16.4. The van der Waals surface area contributed by atoms with Crippen molar-refractivity contribution in [2.75, 3.05) is 6.54 Å². The molecular formula is C20H24N2O4. The van der Waals surface area contributed by atoms with Crippen LogP contribution in [0.5, 0.6) is 0 Å². The molecule has 6 nitrogen and oxygen atoms in total. The van der Waals surface area contributed by atoms with Gasteiger partial charge in [-0.25, -0.2) is 4.98 Å². The van der Waals surface area contributed by atoms with Crippen LogP contribution in [0.25, 0.3) is 11.3 Å². The molecule has 3 rings (SSSR count). The van der Waals surface area contributed by atoms with Gasteiger partial charge < -0.3 is 14.4 Å². The number of carboxylic acid groups (broad SMARTS) is 1. The lowest BCUT2D eigenvalue weighted by Gasteiger charge is -2.35. The molecule has 2 aromatic rings. The molecule has 1 amide bonds. The Morgan fingerprint density at radius 1 is 1.19 bits per heavy atom. The Labute approximate surface area is 152 Å². The van der Waals surface area contributed by atoms with E-state index in [9.17, 15) is 9.59 Å². The van der Waals surface area contributed by atoms with Crippen molar-refractivity contribution in [1.82, 2.24) is 9.88 Å². The van der Waals surface area contributed by atoms with Crippen LogP contribution < -0.4 is 0 Å². The molecule has 0 radical (unpaired) electrons. The summed E-state index contributed by atoms with van der Waals surface area (Å²) in [6.07, 6.45) is 6.02. The summed E-state index contributed by atoms with van der Waals surface area (Å²) >= 11 is 0. The fourth-order valence-corrected chi connectivity index (χ4v) is 3.44. The van der Waals surface area contributed by atoms with Crippen molar-refractivity contribution in [1.29, 1.82) is 0 Å². The molecular weight excluding hydrogens is 332 g/mol. The van der Waals surface area contributed by atoms with Gasteiger partial charge in [-0.05, 0) is 25.7 Å². The Hall–Kier alpha value is -2.63. The molecule has 2 heterocycles. The number of aryl methyl sites for hydroxylation is 1. The maximum atomic E-state index is 12.6. The van der Waals surface area contributed by atoms with Crippen molar-refractivity contribution in [3.63, 3.8) is 0 Å². The number of aliphatic carboxylic acids is 1. The van der Waals surface area contributed by atoms with Crippen LogP contribution in [0.2, 0.25) is 0 Å². The van der Waals surface area contributed by atoms with E-state index in [1.807, 2.05) is 35.2 Å². The molecule has 1 aliphatic heterocycles. The molecule has 1 saturated heterocycles. The number of nitrogens with zero attached hydrogens (tertiary/aromatic N) is 2. The fourth-order valence-electron chi connectivity index (χ4n) is 3.44. The van der Waals surface area contributed by atoms with Gasteiger partial charge in [-0.3, -0.25) is 9.59 Å². The van der Waals surface area contributed by atoms with E-state index in [1.54, 1.807) is 6.20 Å². The van der Waals surface area contributed by atoms with Crippen LogP contribution in [0.4, 0.5) is 0 Å². The SMILES string of the molecule is O=C(O)CC[C@@H]1CCCCN1C(=O)CCc1ncc(-c2ccccc2)o1. The van der Waals surface area contributed by atoms with Gasteiger partial charge in [0.2, 0.25) is 5.91 Å². The van der Waals surface area contributed by atoms with Crippen molar-refractivity contribution in [3.05, 3.63) is 42.4 Å². The molecule has 1 aromatic carbocycles. The lowest BCUT2D eigenvalue weighted by Crippen LogP contribution is -2.44. The highest BCUT2D eigenvalue weighted by molar-refractivity contribution is 5.77. The number of carbonyl (C=O) groups is 2. The molecule has 0 aliphatic carbocycles. The van der Waals surface area contributed by atoms with Crippen LogP contribution in [-0.4, -0.2) is 39.5 Å². The quantitative estimate of drug-likeness (QED) is 0.820. The number of carboxylic acids is 1. The monoisotopic (exact) mass is 356 g/mol. The minimum Gasteiger partial charge on any atom is -0.481 e. The van der Waals surface area contributed by atoms with E-state index in [1.165, 1.54) is 0 Å². The van der Waals surface area contributed by atoms with Crippen LogP contribution in [0, 0.1) is 0 Å². The number of hydrogen-bond donors (Lipinski definition) is 1. The molecule has 0 saturated carbocycles. The zero-order chi connectivity index (χ0) is 18.4. The number of benzene rings is 1. The van der Waals surface area contributed by atoms with E-state index >= 15 is 0 Å². The average Bonchev–Trinajstić information content (AvgIpc) is 3.14. The molecule has 1 aliphatic rings. The predicted molar refractivity (Wildman–Crippen MR) is 96.5 cm³/mol. The van der Waals surface area contributed by atoms with Crippen LogP contribution in [-0.2, 0) is 16.0 Å². The fraction of sp³-hybridized carbons (Fsp3) is 0.450. The van der Waals surface area contributed by atoms with Crippen molar-refractivity contribution in [2.45, 2.75) is 51.0 Å². The molecule has 1 aromatic heterocycles. The molecule has 0 unspecified atom stereocenters. The second-order valence-corrected chi connectivity index (χ2v) is 6.65. The number of oxazole rings is 1. The van der Waals surface area contributed by atoms with Gasteiger partial charge in [0.25, 0.3) is 0 Å². The van der Waals surface area contributed by atoms with E-state index in [0.29, 0.717) is 37.5 Å². The third-order valence-corrected chi connectivity index (χ3v) is 4.80. The zero-order valence-corrected chi connectivity index (χ0v) is 14.8. The summed E-state index contributed by atoms with van der Waals surface area (Å²) in [6, 6.07) is 9.77. The first-order valence-electron chi connectivity index (χ1n) is 9.15. The van der Waals surface area contributed by atoms with Crippen molar-refractivity contribution >= 4 is 11.9 Å². The first kappa shape index (κ1) is 18.2. The van der Waals surface area contributed by atoms with E-state index in [-0.39, 0.29) is 18.4 Å². The van der Waals surface area contributed by atoms with Crippen LogP contribution >= 0.6 is 0 Å². The highest BCUT2D eigenvalue weighted by Gasteiger charge is 2.27. The number of hydrogen-bond acceptors (Lipinski definition) is 4. The molecule has 1 N–H and O–H groups in total. The first-order chi connectivity index (χ1) is 12.6.